The zero-order chi connectivity index (χ0) is 17.6. The molecule has 0 radical (unpaired) electrons. The zero-order valence-electron chi connectivity index (χ0n) is 13.6. The van der Waals surface area contributed by atoms with E-state index >= 15 is 0 Å². The second kappa shape index (κ2) is 6.36. The minimum atomic E-state index is -3.65. The number of para-hydroxylation sites is 1. The lowest BCUT2D eigenvalue weighted by Crippen LogP contribution is -2.30. The summed E-state index contributed by atoms with van der Waals surface area (Å²) in [6, 6.07) is 12.7. The third kappa shape index (κ3) is 2.97. The molecular formula is C18H17ClN2O2S2. The highest BCUT2D eigenvalue weighted by Gasteiger charge is 2.38. The molecule has 130 valence electrons. The summed E-state index contributed by atoms with van der Waals surface area (Å²) in [7, 11) is -3.65. The van der Waals surface area contributed by atoms with Gasteiger partial charge in [-0.25, -0.2) is 13.4 Å². The van der Waals surface area contributed by atoms with Crippen molar-refractivity contribution in [1.82, 2.24) is 9.29 Å². The molecular weight excluding hydrogens is 376 g/mol. The number of aromatic nitrogens is 1. The second-order valence-electron chi connectivity index (χ2n) is 6.23. The minimum Gasteiger partial charge on any atom is -0.239 e. The molecule has 1 unspecified atom stereocenters. The van der Waals surface area contributed by atoms with Crippen LogP contribution in [0.5, 0.6) is 0 Å². The van der Waals surface area contributed by atoms with E-state index in [4.69, 9.17) is 11.6 Å². The average molecular weight is 393 g/mol. The van der Waals surface area contributed by atoms with Crippen molar-refractivity contribution in [3.05, 3.63) is 58.1 Å². The van der Waals surface area contributed by atoms with Gasteiger partial charge in [0.15, 0.2) is 0 Å². The lowest BCUT2D eigenvalue weighted by atomic mass is 10.2. The van der Waals surface area contributed by atoms with E-state index in [1.807, 2.05) is 31.2 Å². The van der Waals surface area contributed by atoms with Gasteiger partial charge in [0.2, 0.25) is 10.0 Å². The Hall–Kier alpha value is -1.47. The summed E-state index contributed by atoms with van der Waals surface area (Å²) < 4.78 is 29.0. The van der Waals surface area contributed by atoms with E-state index < -0.39 is 10.0 Å². The summed E-state index contributed by atoms with van der Waals surface area (Å²) in [4.78, 5) is 4.84. The van der Waals surface area contributed by atoms with Crippen molar-refractivity contribution in [2.45, 2.75) is 30.7 Å². The maximum absolute atomic E-state index is 13.2. The number of benzene rings is 2. The maximum atomic E-state index is 13.2. The Kier molecular flexibility index (Phi) is 4.32. The number of sulfonamides is 1. The molecule has 0 amide bonds. The van der Waals surface area contributed by atoms with Crippen LogP contribution in [-0.2, 0) is 10.0 Å². The van der Waals surface area contributed by atoms with Gasteiger partial charge in [-0.1, -0.05) is 29.8 Å². The fraction of sp³-hybridized carbons (Fsp3) is 0.278. The highest BCUT2D eigenvalue weighted by Crippen LogP contribution is 2.40. The number of hydrogen-bond donors (Lipinski definition) is 0. The molecule has 1 atom stereocenters. The van der Waals surface area contributed by atoms with E-state index in [9.17, 15) is 8.42 Å². The molecule has 1 saturated heterocycles. The summed E-state index contributed by atoms with van der Waals surface area (Å²) >= 11 is 7.80. The number of hydrogen-bond acceptors (Lipinski definition) is 4. The molecule has 7 heteroatoms. The summed E-state index contributed by atoms with van der Waals surface area (Å²) in [6.45, 7) is 2.38. The Morgan fingerprint density at radius 2 is 2.04 bits per heavy atom. The van der Waals surface area contributed by atoms with E-state index in [-0.39, 0.29) is 16.0 Å². The molecule has 0 aliphatic carbocycles. The minimum absolute atomic E-state index is 0.174. The third-order valence-electron chi connectivity index (χ3n) is 4.47. The summed E-state index contributed by atoms with van der Waals surface area (Å²) in [5, 5.41) is 1.13. The monoisotopic (exact) mass is 392 g/mol. The van der Waals surface area contributed by atoms with Crippen LogP contribution < -0.4 is 0 Å². The molecule has 0 N–H and O–H groups in total. The van der Waals surface area contributed by atoms with Gasteiger partial charge in [0.25, 0.3) is 0 Å². The largest absolute Gasteiger partial charge is 0.245 e. The number of halogens is 1. The molecule has 2 heterocycles. The number of thiazole rings is 1. The molecule has 2 aromatic carbocycles. The fourth-order valence-corrected chi connectivity index (χ4v) is 6.67. The first-order valence-corrected chi connectivity index (χ1v) is 10.7. The van der Waals surface area contributed by atoms with Crippen LogP contribution in [0.4, 0.5) is 0 Å². The van der Waals surface area contributed by atoms with Crippen molar-refractivity contribution >= 4 is 43.2 Å². The van der Waals surface area contributed by atoms with E-state index in [0.717, 1.165) is 33.6 Å². The Balaban J connectivity index is 1.75. The van der Waals surface area contributed by atoms with Gasteiger partial charge in [-0.2, -0.15) is 4.31 Å². The maximum Gasteiger partial charge on any atom is 0.245 e. The molecule has 4 nitrogen and oxygen atoms in total. The van der Waals surface area contributed by atoms with Crippen LogP contribution in [-0.4, -0.2) is 24.3 Å². The normalized spacial score (nSPS) is 18.9. The van der Waals surface area contributed by atoms with E-state index in [1.165, 1.54) is 0 Å². The molecule has 0 bridgehead atoms. The molecule has 4 rings (SSSR count). The Morgan fingerprint density at radius 1 is 1.24 bits per heavy atom. The smallest absolute Gasteiger partial charge is 0.239 e. The zero-order valence-corrected chi connectivity index (χ0v) is 16.0. The molecule has 0 saturated carbocycles. The van der Waals surface area contributed by atoms with Crippen molar-refractivity contribution in [1.29, 1.82) is 0 Å². The van der Waals surface area contributed by atoms with Crippen LogP contribution in [0.2, 0.25) is 5.02 Å². The Morgan fingerprint density at radius 3 is 2.80 bits per heavy atom. The SMILES string of the molecule is Cc1ccc(S(=O)(=O)N2CCCC2c2nc3ccccc3s2)c(Cl)c1. The summed E-state index contributed by atoms with van der Waals surface area (Å²) in [5.41, 5.74) is 1.85. The first-order valence-electron chi connectivity index (χ1n) is 8.10. The molecule has 1 fully saturated rings. The van der Waals surface area contributed by atoms with Crippen LogP contribution in [0.3, 0.4) is 0 Å². The van der Waals surface area contributed by atoms with Crippen LogP contribution in [0.15, 0.2) is 47.4 Å². The van der Waals surface area contributed by atoms with E-state index in [1.54, 1.807) is 33.8 Å². The van der Waals surface area contributed by atoms with Gasteiger partial charge in [0.05, 0.1) is 21.3 Å². The highest BCUT2D eigenvalue weighted by atomic mass is 35.5. The quantitative estimate of drug-likeness (QED) is 0.644. The Labute approximate surface area is 156 Å². The molecule has 1 aromatic heterocycles. The highest BCUT2D eigenvalue weighted by molar-refractivity contribution is 7.89. The number of rotatable bonds is 3. The third-order valence-corrected chi connectivity index (χ3v) is 8.00. The summed E-state index contributed by atoms with van der Waals surface area (Å²) in [5.74, 6) is 0. The van der Waals surface area contributed by atoms with Gasteiger partial charge in [0.1, 0.15) is 9.90 Å². The lowest BCUT2D eigenvalue weighted by molar-refractivity contribution is 0.396. The van der Waals surface area contributed by atoms with Gasteiger partial charge in [-0.15, -0.1) is 11.3 Å². The summed E-state index contributed by atoms with van der Waals surface area (Å²) in [6.07, 6.45) is 1.60. The van der Waals surface area contributed by atoms with Gasteiger partial charge in [-0.3, -0.25) is 0 Å². The molecule has 1 aliphatic heterocycles. The Bertz CT molecular complexity index is 1010. The van der Waals surface area contributed by atoms with Crippen LogP contribution >= 0.6 is 22.9 Å². The van der Waals surface area contributed by atoms with Crippen molar-refractivity contribution in [2.75, 3.05) is 6.54 Å². The number of aryl methyl sites for hydroxylation is 1. The topological polar surface area (TPSA) is 50.3 Å². The van der Waals surface area contributed by atoms with E-state index in [0.29, 0.717) is 6.54 Å². The number of fused-ring (bicyclic) bond motifs is 1. The van der Waals surface area contributed by atoms with Gasteiger partial charge in [0, 0.05) is 6.54 Å². The standard InChI is InChI=1S/C18H17ClN2O2S2/c1-12-8-9-17(13(19)11-12)25(22,23)21-10-4-6-15(21)18-20-14-5-2-3-7-16(14)24-18/h2-3,5,7-9,11,15H,4,6,10H2,1H3. The van der Waals surface area contributed by atoms with Crippen LogP contribution in [0.1, 0.15) is 29.5 Å². The van der Waals surface area contributed by atoms with Crippen LogP contribution in [0.25, 0.3) is 10.2 Å². The van der Waals surface area contributed by atoms with Gasteiger partial charge in [-0.05, 0) is 49.6 Å². The fourth-order valence-electron chi connectivity index (χ4n) is 3.25. The molecule has 3 aromatic rings. The van der Waals surface area contributed by atoms with Crippen LogP contribution in [0, 0.1) is 6.92 Å². The predicted molar refractivity (Wildman–Crippen MR) is 102 cm³/mol. The van der Waals surface area contributed by atoms with Crippen molar-refractivity contribution in [3.63, 3.8) is 0 Å². The number of nitrogens with zero attached hydrogens (tertiary/aromatic N) is 2. The first-order chi connectivity index (χ1) is 12.0. The molecule has 25 heavy (non-hydrogen) atoms. The first kappa shape index (κ1) is 17.0. The molecule has 1 aliphatic rings. The van der Waals surface area contributed by atoms with Gasteiger partial charge < -0.3 is 0 Å². The van der Waals surface area contributed by atoms with Gasteiger partial charge >= 0.3 is 0 Å². The lowest BCUT2D eigenvalue weighted by Gasteiger charge is -2.23. The van der Waals surface area contributed by atoms with E-state index in [2.05, 4.69) is 4.98 Å². The predicted octanol–water partition coefficient (Wildman–Crippen LogP) is 4.78. The molecule has 0 spiro atoms. The van der Waals surface area contributed by atoms with Crippen molar-refractivity contribution in [3.8, 4) is 0 Å². The van der Waals surface area contributed by atoms with Crippen molar-refractivity contribution < 1.29 is 8.42 Å². The second-order valence-corrected chi connectivity index (χ2v) is 9.56. The van der Waals surface area contributed by atoms with Crippen molar-refractivity contribution in [2.24, 2.45) is 0 Å². The average Bonchev–Trinajstić information content (AvgIpc) is 3.21.